The van der Waals surface area contributed by atoms with E-state index in [1.54, 1.807) is 17.2 Å². The van der Waals surface area contributed by atoms with E-state index in [2.05, 4.69) is 4.98 Å². The molecule has 5 heteroatoms. The van der Waals surface area contributed by atoms with Crippen molar-refractivity contribution in [3.63, 3.8) is 0 Å². The summed E-state index contributed by atoms with van der Waals surface area (Å²) in [5.41, 5.74) is 6.57. The maximum absolute atomic E-state index is 11.6. The van der Waals surface area contributed by atoms with E-state index >= 15 is 0 Å². The molecule has 2 rings (SSSR count). The number of aromatic nitrogens is 1. The minimum absolute atomic E-state index is 0. The molecule has 2 heterocycles. The molecular weight excluding hydrogens is 230 g/mol. The maximum Gasteiger partial charge on any atom is 0.410 e. The standard InChI is InChI=1S/C12H17N3O2.CH4/c1-8(2)10-7-15(12(16)17-10)6-9-3-4-14-11(13)5-9;/h3-5,8,10H,6-7H2,1-2H3,(H2,13,14);1H4. The fraction of sp³-hybridized carbons (Fsp3) is 0.538. The zero-order valence-electron chi connectivity index (χ0n) is 10.1. The first-order chi connectivity index (χ1) is 8.06. The minimum atomic E-state index is -0.251. The number of hydrogen-bond donors (Lipinski definition) is 1. The number of nitrogens with two attached hydrogens (primary N) is 1. The summed E-state index contributed by atoms with van der Waals surface area (Å²) in [5, 5.41) is 0. The minimum Gasteiger partial charge on any atom is -0.444 e. The Morgan fingerprint density at radius 1 is 1.61 bits per heavy atom. The lowest BCUT2D eigenvalue weighted by Gasteiger charge is -2.14. The molecule has 0 spiro atoms. The van der Waals surface area contributed by atoms with E-state index in [1.165, 1.54) is 0 Å². The summed E-state index contributed by atoms with van der Waals surface area (Å²) < 4.78 is 5.28. The summed E-state index contributed by atoms with van der Waals surface area (Å²) in [7, 11) is 0. The number of cyclic esters (lactones) is 1. The first-order valence-electron chi connectivity index (χ1n) is 5.72. The van der Waals surface area contributed by atoms with Gasteiger partial charge >= 0.3 is 6.09 Å². The molecule has 18 heavy (non-hydrogen) atoms. The molecule has 0 aliphatic carbocycles. The third kappa shape index (κ3) is 3.12. The van der Waals surface area contributed by atoms with Gasteiger partial charge < -0.3 is 15.4 Å². The van der Waals surface area contributed by atoms with E-state index in [0.29, 0.717) is 24.8 Å². The predicted octanol–water partition coefficient (Wildman–Crippen LogP) is 2.28. The molecule has 100 valence electrons. The van der Waals surface area contributed by atoms with E-state index in [4.69, 9.17) is 10.5 Å². The van der Waals surface area contributed by atoms with Gasteiger partial charge in [-0.05, 0) is 23.6 Å². The van der Waals surface area contributed by atoms with Gasteiger partial charge in [-0.15, -0.1) is 0 Å². The van der Waals surface area contributed by atoms with Crippen molar-refractivity contribution in [2.75, 3.05) is 12.3 Å². The molecule has 1 aromatic rings. The van der Waals surface area contributed by atoms with Gasteiger partial charge in [-0.25, -0.2) is 9.78 Å². The highest BCUT2D eigenvalue weighted by Crippen LogP contribution is 2.20. The summed E-state index contributed by atoms with van der Waals surface area (Å²) in [6.07, 6.45) is 1.38. The number of anilines is 1. The van der Waals surface area contributed by atoms with Gasteiger partial charge in [0.15, 0.2) is 0 Å². The average molecular weight is 251 g/mol. The van der Waals surface area contributed by atoms with Gasteiger partial charge in [0, 0.05) is 12.7 Å². The Morgan fingerprint density at radius 3 is 2.89 bits per heavy atom. The molecule has 0 radical (unpaired) electrons. The van der Waals surface area contributed by atoms with Crippen LogP contribution >= 0.6 is 0 Å². The Kier molecular flexibility index (Phi) is 4.53. The van der Waals surface area contributed by atoms with Crippen LogP contribution < -0.4 is 5.73 Å². The Morgan fingerprint density at radius 2 is 2.33 bits per heavy atom. The second-order valence-corrected chi connectivity index (χ2v) is 4.64. The van der Waals surface area contributed by atoms with Crippen LogP contribution in [0.5, 0.6) is 0 Å². The van der Waals surface area contributed by atoms with E-state index < -0.39 is 0 Å². The summed E-state index contributed by atoms with van der Waals surface area (Å²) in [6.45, 7) is 5.26. The molecule has 1 atom stereocenters. The molecule has 1 aromatic heterocycles. The first-order valence-corrected chi connectivity index (χ1v) is 5.72. The van der Waals surface area contributed by atoms with Crippen molar-refractivity contribution < 1.29 is 9.53 Å². The number of pyridine rings is 1. The van der Waals surface area contributed by atoms with Crippen LogP contribution in [0.4, 0.5) is 10.6 Å². The van der Waals surface area contributed by atoms with Gasteiger partial charge in [0.25, 0.3) is 0 Å². The monoisotopic (exact) mass is 251 g/mol. The van der Waals surface area contributed by atoms with Crippen molar-refractivity contribution >= 4 is 11.9 Å². The molecule has 2 N–H and O–H groups in total. The highest BCUT2D eigenvalue weighted by Gasteiger charge is 2.32. The Bertz CT molecular complexity index is 420. The zero-order valence-corrected chi connectivity index (χ0v) is 10.1. The third-order valence-electron chi connectivity index (χ3n) is 2.87. The SMILES string of the molecule is C.CC(C)C1CN(Cc2ccnc(N)c2)C(=O)O1. The van der Waals surface area contributed by atoms with Crippen LogP contribution in [-0.4, -0.2) is 28.6 Å². The number of hydrogen-bond acceptors (Lipinski definition) is 4. The molecule has 1 aliphatic heterocycles. The summed E-state index contributed by atoms with van der Waals surface area (Å²) in [6, 6.07) is 3.63. The van der Waals surface area contributed by atoms with Crippen molar-refractivity contribution in [1.82, 2.24) is 9.88 Å². The summed E-state index contributed by atoms with van der Waals surface area (Å²) in [4.78, 5) is 17.2. The fourth-order valence-electron chi connectivity index (χ4n) is 1.82. The highest BCUT2D eigenvalue weighted by molar-refractivity contribution is 5.70. The van der Waals surface area contributed by atoms with Crippen LogP contribution in [0.15, 0.2) is 18.3 Å². The van der Waals surface area contributed by atoms with Gasteiger partial charge in [-0.3, -0.25) is 0 Å². The number of nitrogens with zero attached hydrogens (tertiary/aromatic N) is 2. The Labute approximate surface area is 108 Å². The third-order valence-corrected chi connectivity index (χ3v) is 2.87. The van der Waals surface area contributed by atoms with Crippen LogP contribution in [0.2, 0.25) is 0 Å². The molecule has 0 bridgehead atoms. The van der Waals surface area contributed by atoms with E-state index in [1.807, 2.05) is 19.9 Å². The smallest absolute Gasteiger partial charge is 0.410 e. The molecule has 1 saturated heterocycles. The lowest BCUT2D eigenvalue weighted by Crippen LogP contribution is -2.26. The van der Waals surface area contributed by atoms with Gasteiger partial charge in [0.05, 0.1) is 6.54 Å². The van der Waals surface area contributed by atoms with E-state index in [9.17, 15) is 4.79 Å². The van der Waals surface area contributed by atoms with Crippen LogP contribution in [0.3, 0.4) is 0 Å². The van der Waals surface area contributed by atoms with Gasteiger partial charge in [0.2, 0.25) is 0 Å². The number of ether oxygens (including phenoxy) is 1. The van der Waals surface area contributed by atoms with Gasteiger partial charge in [0.1, 0.15) is 11.9 Å². The topological polar surface area (TPSA) is 68.5 Å². The predicted molar refractivity (Wildman–Crippen MR) is 70.9 cm³/mol. The molecule has 1 fully saturated rings. The molecule has 1 amide bonds. The Balaban J connectivity index is 0.00000162. The average Bonchev–Trinajstić information content (AvgIpc) is 2.61. The van der Waals surface area contributed by atoms with E-state index in [0.717, 1.165) is 5.56 Å². The fourth-order valence-corrected chi connectivity index (χ4v) is 1.82. The highest BCUT2D eigenvalue weighted by atomic mass is 16.6. The zero-order chi connectivity index (χ0) is 12.4. The molecular formula is C13H21N3O2. The number of amides is 1. The van der Waals surface area contributed by atoms with Crippen LogP contribution in [0, 0.1) is 5.92 Å². The second-order valence-electron chi connectivity index (χ2n) is 4.64. The second kappa shape index (κ2) is 5.71. The quantitative estimate of drug-likeness (QED) is 0.894. The van der Waals surface area contributed by atoms with E-state index in [-0.39, 0.29) is 19.6 Å². The summed E-state index contributed by atoms with van der Waals surface area (Å²) in [5.74, 6) is 0.807. The van der Waals surface area contributed by atoms with Crippen molar-refractivity contribution in [3.05, 3.63) is 23.9 Å². The molecule has 1 aliphatic rings. The van der Waals surface area contributed by atoms with Crippen molar-refractivity contribution in [1.29, 1.82) is 0 Å². The van der Waals surface area contributed by atoms with Crippen molar-refractivity contribution in [2.24, 2.45) is 5.92 Å². The number of carbonyl (C=O) groups is 1. The lowest BCUT2D eigenvalue weighted by atomic mass is 10.1. The first kappa shape index (κ1) is 14.3. The Hall–Kier alpha value is -1.78. The molecule has 0 saturated carbocycles. The van der Waals surface area contributed by atoms with Crippen LogP contribution in [0.25, 0.3) is 0 Å². The number of nitrogen functional groups attached to an aromatic ring is 1. The molecule has 0 aromatic carbocycles. The largest absolute Gasteiger partial charge is 0.444 e. The lowest BCUT2D eigenvalue weighted by molar-refractivity contribution is 0.112. The van der Waals surface area contributed by atoms with Gasteiger partial charge in [-0.1, -0.05) is 21.3 Å². The van der Waals surface area contributed by atoms with Crippen molar-refractivity contribution in [3.8, 4) is 0 Å². The van der Waals surface area contributed by atoms with Crippen LogP contribution in [-0.2, 0) is 11.3 Å². The van der Waals surface area contributed by atoms with Crippen molar-refractivity contribution in [2.45, 2.75) is 33.9 Å². The van der Waals surface area contributed by atoms with Crippen LogP contribution in [0.1, 0.15) is 26.8 Å². The normalized spacial score (nSPS) is 18.7. The summed E-state index contributed by atoms with van der Waals surface area (Å²) >= 11 is 0. The van der Waals surface area contributed by atoms with Gasteiger partial charge in [-0.2, -0.15) is 0 Å². The molecule has 1 unspecified atom stereocenters. The molecule has 5 nitrogen and oxygen atoms in total. The number of rotatable bonds is 3. The number of carbonyl (C=O) groups excluding carboxylic acids is 1. The maximum atomic E-state index is 11.6.